The highest BCUT2D eigenvalue weighted by molar-refractivity contribution is 7.98. The highest BCUT2D eigenvalue weighted by Gasteiger charge is 2.19. The summed E-state index contributed by atoms with van der Waals surface area (Å²) in [4.78, 5) is 12.1. The predicted molar refractivity (Wildman–Crippen MR) is 64.2 cm³/mol. The lowest BCUT2D eigenvalue weighted by Gasteiger charge is -2.10. The summed E-state index contributed by atoms with van der Waals surface area (Å²) in [7, 11) is 2.05. The second-order valence-corrected chi connectivity index (χ2v) is 4.81. The van der Waals surface area contributed by atoms with E-state index in [1.165, 1.54) is 5.69 Å². The SMILES string of the molecule is Cn1c2c(c(=O)c3ccccc31)CSC2. The van der Waals surface area contributed by atoms with Gasteiger partial charge >= 0.3 is 0 Å². The van der Waals surface area contributed by atoms with Crippen molar-refractivity contribution in [3.63, 3.8) is 0 Å². The summed E-state index contributed by atoms with van der Waals surface area (Å²) < 4.78 is 2.16. The number of nitrogens with zero attached hydrogens (tertiary/aromatic N) is 1. The molecule has 15 heavy (non-hydrogen) atoms. The topological polar surface area (TPSA) is 22.0 Å². The lowest BCUT2D eigenvalue weighted by atomic mass is 10.1. The lowest BCUT2D eigenvalue weighted by Crippen LogP contribution is -2.14. The van der Waals surface area contributed by atoms with E-state index in [4.69, 9.17) is 0 Å². The van der Waals surface area contributed by atoms with Gasteiger partial charge in [-0.3, -0.25) is 4.79 Å². The third-order valence-electron chi connectivity index (χ3n) is 3.02. The number of hydrogen-bond donors (Lipinski definition) is 0. The molecule has 76 valence electrons. The van der Waals surface area contributed by atoms with E-state index in [-0.39, 0.29) is 5.43 Å². The first-order valence-electron chi connectivity index (χ1n) is 4.96. The fraction of sp³-hybridized carbons (Fsp3) is 0.250. The van der Waals surface area contributed by atoms with Crippen molar-refractivity contribution in [2.75, 3.05) is 0 Å². The van der Waals surface area contributed by atoms with Gasteiger partial charge in [-0.05, 0) is 12.1 Å². The molecule has 0 atom stereocenters. The van der Waals surface area contributed by atoms with Crippen molar-refractivity contribution in [2.45, 2.75) is 11.5 Å². The van der Waals surface area contributed by atoms with Crippen molar-refractivity contribution >= 4 is 22.7 Å². The molecule has 0 amide bonds. The van der Waals surface area contributed by atoms with Crippen LogP contribution in [0.5, 0.6) is 0 Å². The Morgan fingerprint density at radius 1 is 1.27 bits per heavy atom. The average Bonchev–Trinajstić information content (AvgIpc) is 2.75. The van der Waals surface area contributed by atoms with Gasteiger partial charge in [0.25, 0.3) is 0 Å². The number of rotatable bonds is 0. The molecule has 2 nitrogen and oxygen atoms in total. The van der Waals surface area contributed by atoms with E-state index in [0.717, 1.165) is 28.0 Å². The number of benzene rings is 1. The molecule has 1 aliphatic heterocycles. The van der Waals surface area contributed by atoms with Crippen molar-refractivity contribution in [2.24, 2.45) is 7.05 Å². The van der Waals surface area contributed by atoms with Gasteiger partial charge in [-0.15, -0.1) is 0 Å². The van der Waals surface area contributed by atoms with Crippen molar-refractivity contribution in [1.82, 2.24) is 4.57 Å². The van der Waals surface area contributed by atoms with E-state index in [9.17, 15) is 4.79 Å². The summed E-state index contributed by atoms with van der Waals surface area (Å²) in [5.74, 6) is 1.83. The minimum atomic E-state index is 0.226. The van der Waals surface area contributed by atoms with Crippen LogP contribution in [0, 0.1) is 0 Å². The van der Waals surface area contributed by atoms with Crippen LogP contribution in [-0.4, -0.2) is 4.57 Å². The quantitative estimate of drug-likeness (QED) is 0.675. The molecule has 3 heteroatoms. The molecule has 0 radical (unpaired) electrons. The molecule has 0 unspecified atom stereocenters. The van der Waals surface area contributed by atoms with E-state index in [1.54, 1.807) is 0 Å². The Morgan fingerprint density at radius 3 is 2.93 bits per heavy atom. The van der Waals surface area contributed by atoms with Gasteiger partial charge in [0.1, 0.15) is 0 Å². The smallest absolute Gasteiger partial charge is 0.193 e. The van der Waals surface area contributed by atoms with Crippen LogP contribution in [0.15, 0.2) is 29.1 Å². The molecule has 1 aromatic carbocycles. The fourth-order valence-corrected chi connectivity index (χ4v) is 3.35. The van der Waals surface area contributed by atoms with Gasteiger partial charge in [-0.2, -0.15) is 11.8 Å². The monoisotopic (exact) mass is 217 g/mol. The van der Waals surface area contributed by atoms with E-state index < -0.39 is 0 Å². The molecule has 3 rings (SSSR count). The van der Waals surface area contributed by atoms with Gasteiger partial charge in [0.05, 0.1) is 5.52 Å². The first-order valence-corrected chi connectivity index (χ1v) is 6.12. The lowest BCUT2D eigenvalue weighted by molar-refractivity contribution is 0.883. The highest BCUT2D eigenvalue weighted by Crippen LogP contribution is 2.29. The Bertz CT molecular complexity index is 600. The predicted octanol–water partition coefficient (Wildman–Crippen LogP) is 2.29. The first kappa shape index (κ1) is 9.04. The van der Waals surface area contributed by atoms with Crippen molar-refractivity contribution in [3.8, 4) is 0 Å². The second-order valence-electron chi connectivity index (χ2n) is 3.82. The minimum Gasteiger partial charge on any atom is -0.346 e. The summed E-state index contributed by atoms with van der Waals surface area (Å²) in [6, 6.07) is 7.84. The minimum absolute atomic E-state index is 0.226. The summed E-state index contributed by atoms with van der Waals surface area (Å²) in [5.41, 5.74) is 3.47. The standard InChI is InChI=1S/C12H11NOS/c1-13-10-5-3-2-4-8(10)12(14)9-6-15-7-11(9)13/h2-5H,6-7H2,1H3. The zero-order chi connectivity index (χ0) is 10.4. The van der Waals surface area contributed by atoms with Crippen molar-refractivity contribution in [1.29, 1.82) is 0 Å². The normalized spacial score (nSPS) is 14.5. The van der Waals surface area contributed by atoms with Crippen molar-refractivity contribution < 1.29 is 0 Å². The summed E-state index contributed by atoms with van der Waals surface area (Å²) in [6.07, 6.45) is 0. The van der Waals surface area contributed by atoms with Crippen LogP contribution >= 0.6 is 11.8 Å². The maximum atomic E-state index is 12.1. The van der Waals surface area contributed by atoms with Gasteiger partial charge in [0.2, 0.25) is 0 Å². The highest BCUT2D eigenvalue weighted by atomic mass is 32.2. The van der Waals surface area contributed by atoms with Crippen LogP contribution in [0.1, 0.15) is 11.3 Å². The Hall–Kier alpha value is -1.22. The molecule has 2 heterocycles. The molecular formula is C12H11NOS. The molecule has 0 saturated carbocycles. The largest absolute Gasteiger partial charge is 0.346 e. The summed E-state index contributed by atoms with van der Waals surface area (Å²) in [6.45, 7) is 0. The van der Waals surface area contributed by atoms with Crippen LogP contribution in [0.25, 0.3) is 10.9 Å². The summed E-state index contributed by atoms with van der Waals surface area (Å²) >= 11 is 1.82. The molecule has 0 N–H and O–H groups in total. The van der Waals surface area contributed by atoms with Gasteiger partial charge in [0, 0.05) is 35.2 Å². The van der Waals surface area contributed by atoms with Gasteiger partial charge in [0.15, 0.2) is 5.43 Å². The number of thioether (sulfide) groups is 1. The molecule has 0 spiro atoms. The number of para-hydroxylation sites is 1. The van der Waals surface area contributed by atoms with Crippen molar-refractivity contribution in [3.05, 3.63) is 45.7 Å². The zero-order valence-corrected chi connectivity index (χ0v) is 9.30. The number of hydrogen-bond acceptors (Lipinski definition) is 2. The van der Waals surface area contributed by atoms with Crippen LogP contribution in [0.3, 0.4) is 0 Å². The van der Waals surface area contributed by atoms with Crippen LogP contribution < -0.4 is 5.43 Å². The molecular weight excluding hydrogens is 206 g/mol. The molecule has 1 aromatic heterocycles. The number of aryl methyl sites for hydroxylation is 1. The molecule has 1 aliphatic rings. The van der Waals surface area contributed by atoms with E-state index in [0.29, 0.717) is 0 Å². The third kappa shape index (κ3) is 1.16. The molecule has 0 aliphatic carbocycles. The zero-order valence-electron chi connectivity index (χ0n) is 8.49. The Balaban J connectivity index is 2.57. The molecule has 2 aromatic rings. The Morgan fingerprint density at radius 2 is 2.07 bits per heavy atom. The third-order valence-corrected chi connectivity index (χ3v) is 3.99. The molecule has 0 saturated heterocycles. The fourth-order valence-electron chi connectivity index (χ4n) is 2.18. The van der Waals surface area contributed by atoms with Gasteiger partial charge < -0.3 is 4.57 Å². The van der Waals surface area contributed by atoms with Crippen LogP contribution in [0.2, 0.25) is 0 Å². The van der Waals surface area contributed by atoms with Crippen LogP contribution in [-0.2, 0) is 18.6 Å². The van der Waals surface area contributed by atoms with Crippen LogP contribution in [0.4, 0.5) is 0 Å². The maximum absolute atomic E-state index is 12.1. The number of pyridine rings is 1. The number of fused-ring (bicyclic) bond motifs is 2. The Labute approximate surface area is 91.9 Å². The second kappa shape index (κ2) is 3.14. The average molecular weight is 217 g/mol. The summed E-state index contributed by atoms with van der Waals surface area (Å²) in [5, 5.41) is 0.848. The maximum Gasteiger partial charge on any atom is 0.193 e. The van der Waals surface area contributed by atoms with Gasteiger partial charge in [-0.1, -0.05) is 12.1 Å². The first-order chi connectivity index (χ1) is 7.29. The Kier molecular flexibility index (Phi) is 1.89. The molecule has 0 bridgehead atoms. The van der Waals surface area contributed by atoms with Gasteiger partial charge in [-0.25, -0.2) is 0 Å². The van der Waals surface area contributed by atoms with E-state index in [1.807, 2.05) is 43.1 Å². The number of aromatic nitrogens is 1. The van der Waals surface area contributed by atoms with E-state index in [2.05, 4.69) is 4.57 Å². The molecule has 0 fully saturated rings. The van der Waals surface area contributed by atoms with E-state index >= 15 is 0 Å².